The zero-order valence-electron chi connectivity index (χ0n) is 17.1. The number of carbonyl (C=O) groups is 2. The van der Waals surface area contributed by atoms with Gasteiger partial charge < -0.3 is 26.2 Å². The Hall–Kier alpha value is -2.59. The van der Waals surface area contributed by atoms with E-state index >= 15 is 0 Å². The SMILES string of the molecule is CC(O)C(NC(=O)c1cccc(-c2ccccc2)n1)C(=O)C(N)C(C)CCB(O)O. The summed E-state index contributed by atoms with van der Waals surface area (Å²) in [6.45, 7) is 3.10. The summed E-state index contributed by atoms with van der Waals surface area (Å²) in [7, 11) is -1.48. The number of Topliss-reactive ketones (excluding diaryl/α,β-unsaturated/α-hetero) is 1. The zero-order valence-corrected chi connectivity index (χ0v) is 17.1. The largest absolute Gasteiger partial charge is 0.451 e. The topological polar surface area (TPSA) is 146 Å². The lowest BCUT2D eigenvalue weighted by atomic mass is 9.78. The lowest BCUT2D eigenvalue weighted by Crippen LogP contribution is -2.55. The van der Waals surface area contributed by atoms with Crippen LogP contribution >= 0.6 is 0 Å². The monoisotopic (exact) mass is 413 g/mol. The first kappa shape index (κ1) is 23.7. The van der Waals surface area contributed by atoms with Gasteiger partial charge in [-0.1, -0.05) is 49.7 Å². The van der Waals surface area contributed by atoms with Gasteiger partial charge in [0.2, 0.25) is 0 Å². The van der Waals surface area contributed by atoms with E-state index in [0.717, 1.165) is 5.56 Å². The molecule has 1 aromatic heterocycles. The Labute approximate surface area is 176 Å². The molecule has 0 saturated carbocycles. The van der Waals surface area contributed by atoms with Gasteiger partial charge in [-0.3, -0.25) is 9.59 Å². The molecule has 0 aliphatic rings. The Bertz CT molecular complexity index is 848. The number of benzene rings is 1. The summed E-state index contributed by atoms with van der Waals surface area (Å²) in [6, 6.07) is 12.2. The van der Waals surface area contributed by atoms with Crippen LogP contribution in [-0.2, 0) is 4.79 Å². The minimum atomic E-state index is -1.48. The summed E-state index contributed by atoms with van der Waals surface area (Å²) < 4.78 is 0. The van der Waals surface area contributed by atoms with Gasteiger partial charge >= 0.3 is 7.12 Å². The third-order valence-electron chi connectivity index (χ3n) is 4.95. The van der Waals surface area contributed by atoms with Crippen molar-refractivity contribution in [1.82, 2.24) is 10.3 Å². The zero-order chi connectivity index (χ0) is 22.3. The fourth-order valence-electron chi connectivity index (χ4n) is 3.05. The second-order valence-electron chi connectivity index (χ2n) is 7.43. The molecule has 1 amide bonds. The molecule has 2 rings (SSSR count). The van der Waals surface area contributed by atoms with Crippen LogP contribution in [0.15, 0.2) is 48.5 Å². The fraction of sp³-hybridized carbons (Fsp3) is 0.381. The molecule has 30 heavy (non-hydrogen) atoms. The third kappa shape index (κ3) is 6.46. The summed E-state index contributed by atoms with van der Waals surface area (Å²) in [5.41, 5.74) is 7.57. The molecule has 8 nitrogen and oxygen atoms in total. The summed E-state index contributed by atoms with van der Waals surface area (Å²) in [6.07, 6.45) is -0.782. The van der Waals surface area contributed by atoms with E-state index in [2.05, 4.69) is 10.3 Å². The van der Waals surface area contributed by atoms with Crippen molar-refractivity contribution in [2.75, 3.05) is 0 Å². The number of nitrogens with two attached hydrogens (primary N) is 1. The molecule has 160 valence electrons. The Morgan fingerprint density at radius 1 is 1.10 bits per heavy atom. The highest BCUT2D eigenvalue weighted by molar-refractivity contribution is 6.40. The maximum Gasteiger partial charge on any atom is 0.451 e. The van der Waals surface area contributed by atoms with Gasteiger partial charge in [0.15, 0.2) is 5.78 Å². The number of rotatable bonds is 10. The minimum absolute atomic E-state index is 0.0735. The molecule has 0 radical (unpaired) electrons. The molecule has 0 spiro atoms. The molecule has 0 bridgehead atoms. The van der Waals surface area contributed by atoms with E-state index in [1.165, 1.54) is 13.0 Å². The average Bonchev–Trinajstić information content (AvgIpc) is 2.75. The molecule has 0 aliphatic carbocycles. The summed E-state index contributed by atoms with van der Waals surface area (Å²) in [5.74, 6) is -1.49. The lowest BCUT2D eigenvalue weighted by molar-refractivity contribution is -0.125. The smallest absolute Gasteiger partial charge is 0.427 e. The van der Waals surface area contributed by atoms with Crippen molar-refractivity contribution in [1.29, 1.82) is 0 Å². The van der Waals surface area contributed by atoms with Crippen molar-refractivity contribution >= 4 is 18.8 Å². The number of carbonyl (C=O) groups excluding carboxylic acids is 2. The van der Waals surface area contributed by atoms with Gasteiger partial charge in [-0.2, -0.15) is 0 Å². The third-order valence-corrected chi connectivity index (χ3v) is 4.95. The van der Waals surface area contributed by atoms with E-state index in [9.17, 15) is 14.7 Å². The number of hydrogen-bond acceptors (Lipinski definition) is 7. The summed E-state index contributed by atoms with van der Waals surface area (Å²) in [5, 5.41) is 30.6. The first-order valence-electron chi connectivity index (χ1n) is 9.87. The van der Waals surface area contributed by atoms with E-state index in [1.54, 1.807) is 19.1 Å². The summed E-state index contributed by atoms with van der Waals surface area (Å²) >= 11 is 0. The molecular weight excluding hydrogens is 385 g/mol. The van der Waals surface area contributed by atoms with Gasteiger partial charge in [-0.25, -0.2) is 4.98 Å². The number of pyridine rings is 1. The number of amides is 1. The van der Waals surface area contributed by atoms with E-state index in [4.69, 9.17) is 15.8 Å². The second-order valence-corrected chi connectivity index (χ2v) is 7.43. The Morgan fingerprint density at radius 3 is 2.37 bits per heavy atom. The summed E-state index contributed by atoms with van der Waals surface area (Å²) in [4.78, 5) is 29.8. The van der Waals surface area contributed by atoms with Crippen LogP contribution in [-0.4, -0.2) is 57.1 Å². The standard InChI is InChI=1S/C21H28BN3O5/c1-13(11-12-22(29)30)18(23)20(27)19(14(2)26)25-21(28)17-10-6-9-16(24-17)15-7-4-3-5-8-15/h3-10,13-14,18-19,26,29-30H,11-12,23H2,1-2H3,(H,25,28). The van der Waals surface area contributed by atoms with Gasteiger partial charge in [0.05, 0.1) is 17.8 Å². The molecule has 1 aromatic carbocycles. The van der Waals surface area contributed by atoms with Crippen molar-refractivity contribution < 1.29 is 24.7 Å². The van der Waals surface area contributed by atoms with Crippen LogP contribution in [0.4, 0.5) is 0 Å². The van der Waals surface area contributed by atoms with Crippen LogP contribution in [0, 0.1) is 5.92 Å². The minimum Gasteiger partial charge on any atom is -0.427 e. The van der Waals surface area contributed by atoms with Crippen LogP contribution in [0.25, 0.3) is 11.3 Å². The molecular formula is C21H28BN3O5. The van der Waals surface area contributed by atoms with Gasteiger partial charge in [0.1, 0.15) is 11.7 Å². The predicted octanol–water partition coefficient (Wildman–Crippen LogP) is 0.623. The van der Waals surface area contributed by atoms with Crippen molar-refractivity contribution in [2.24, 2.45) is 11.7 Å². The van der Waals surface area contributed by atoms with Crippen molar-refractivity contribution in [3.05, 3.63) is 54.2 Å². The number of nitrogens with one attached hydrogen (secondary N) is 1. The van der Waals surface area contributed by atoms with Gasteiger partial charge in [0, 0.05) is 5.56 Å². The highest BCUT2D eigenvalue weighted by Gasteiger charge is 2.33. The molecule has 0 fully saturated rings. The van der Waals surface area contributed by atoms with Crippen molar-refractivity contribution in [3.63, 3.8) is 0 Å². The maximum absolute atomic E-state index is 12.8. The normalized spacial score (nSPS) is 15.0. The highest BCUT2D eigenvalue weighted by atomic mass is 16.4. The van der Waals surface area contributed by atoms with Gasteiger partial charge in [0.25, 0.3) is 5.91 Å². The quantitative estimate of drug-likeness (QED) is 0.359. The first-order valence-corrected chi connectivity index (χ1v) is 9.87. The van der Waals surface area contributed by atoms with Crippen LogP contribution in [0.2, 0.25) is 6.32 Å². The number of hydrogen-bond donors (Lipinski definition) is 5. The molecule has 0 aliphatic heterocycles. The molecule has 6 N–H and O–H groups in total. The first-order chi connectivity index (χ1) is 14.2. The van der Waals surface area contributed by atoms with E-state index in [1.807, 2.05) is 30.3 Å². The van der Waals surface area contributed by atoms with E-state index < -0.39 is 37.0 Å². The Morgan fingerprint density at radius 2 is 1.77 bits per heavy atom. The van der Waals surface area contributed by atoms with Crippen LogP contribution in [0.3, 0.4) is 0 Å². The predicted molar refractivity (Wildman–Crippen MR) is 114 cm³/mol. The number of aliphatic hydroxyl groups is 1. The molecule has 4 atom stereocenters. The molecule has 2 aromatic rings. The highest BCUT2D eigenvalue weighted by Crippen LogP contribution is 2.17. The molecule has 4 unspecified atom stereocenters. The van der Waals surface area contributed by atoms with E-state index in [-0.39, 0.29) is 17.9 Å². The number of ketones is 1. The number of aliphatic hydroxyl groups excluding tert-OH is 1. The van der Waals surface area contributed by atoms with Crippen LogP contribution in [0.1, 0.15) is 30.8 Å². The van der Waals surface area contributed by atoms with E-state index in [0.29, 0.717) is 12.1 Å². The lowest BCUT2D eigenvalue weighted by Gasteiger charge is -2.26. The Balaban J connectivity index is 2.13. The van der Waals surface area contributed by atoms with Crippen LogP contribution in [0.5, 0.6) is 0 Å². The average molecular weight is 413 g/mol. The fourth-order valence-corrected chi connectivity index (χ4v) is 3.05. The number of aromatic nitrogens is 1. The van der Waals surface area contributed by atoms with Crippen molar-refractivity contribution in [2.45, 2.75) is 44.8 Å². The van der Waals surface area contributed by atoms with Crippen molar-refractivity contribution in [3.8, 4) is 11.3 Å². The Kier molecular flexibility index (Phi) is 8.67. The maximum atomic E-state index is 12.8. The van der Waals surface area contributed by atoms with Gasteiger partial charge in [-0.15, -0.1) is 0 Å². The van der Waals surface area contributed by atoms with Crippen LogP contribution < -0.4 is 11.1 Å². The molecule has 9 heteroatoms. The molecule has 0 saturated heterocycles. The molecule has 1 heterocycles. The number of nitrogens with zero attached hydrogens (tertiary/aromatic N) is 1. The second kappa shape index (κ2) is 11.0. The van der Waals surface area contributed by atoms with Gasteiger partial charge in [-0.05, 0) is 31.3 Å².